The third-order valence-corrected chi connectivity index (χ3v) is 8.15. The highest BCUT2D eigenvalue weighted by atomic mass is 16.5. The smallest absolute Gasteiger partial charge is 0.308 e. The molecule has 32 heavy (non-hydrogen) atoms. The zero-order valence-corrected chi connectivity index (χ0v) is 19.3. The van der Waals surface area contributed by atoms with Crippen LogP contribution in [0.15, 0.2) is 48.5 Å². The van der Waals surface area contributed by atoms with E-state index in [4.69, 9.17) is 14.2 Å². The molecule has 0 N–H and O–H groups in total. The first kappa shape index (κ1) is 21.5. The molecule has 0 amide bonds. The summed E-state index contributed by atoms with van der Waals surface area (Å²) in [5.41, 5.74) is 2.63. The van der Waals surface area contributed by atoms with Crippen LogP contribution in [0.4, 0.5) is 0 Å². The van der Waals surface area contributed by atoms with Crippen LogP contribution in [0, 0.1) is 17.3 Å². The summed E-state index contributed by atoms with van der Waals surface area (Å²) in [6, 6.07) is 16.8. The number of carbonyl (C=O) groups excluding carboxylic acids is 1. The molecule has 2 unspecified atom stereocenters. The Morgan fingerprint density at radius 3 is 2.50 bits per heavy atom. The van der Waals surface area contributed by atoms with Crippen molar-refractivity contribution in [3.05, 3.63) is 59.7 Å². The van der Waals surface area contributed by atoms with Crippen LogP contribution in [0.25, 0.3) is 0 Å². The fraction of sp³-hybridized carbons (Fsp3) is 0.536. The van der Waals surface area contributed by atoms with Crippen molar-refractivity contribution in [1.29, 1.82) is 0 Å². The van der Waals surface area contributed by atoms with E-state index in [1.54, 1.807) is 0 Å². The van der Waals surface area contributed by atoms with E-state index in [0.29, 0.717) is 11.3 Å². The largest absolute Gasteiger partial charge is 0.469 e. The molecule has 2 heterocycles. The van der Waals surface area contributed by atoms with Gasteiger partial charge in [-0.3, -0.25) is 4.79 Å². The van der Waals surface area contributed by atoms with Gasteiger partial charge in [0.1, 0.15) is 11.5 Å². The van der Waals surface area contributed by atoms with E-state index in [9.17, 15) is 4.79 Å². The average molecular weight is 435 g/mol. The average Bonchev–Trinajstić information content (AvgIpc) is 3.64. The van der Waals surface area contributed by atoms with Crippen LogP contribution in [-0.2, 0) is 26.3 Å². The molecule has 0 radical (unpaired) electrons. The molecule has 0 spiro atoms. The van der Waals surface area contributed by atoms with Gasteiger partial charge in [0.05, 0.1) is 25.2 Å². The number of benzene rings is 2. The Morgan fingerprint density at radius 1 is 1.06 bits per heavy atom. The maximum Gasteiger partial charge on any atom is 0.308 e. The molecule has 2 atom stereocenters. The van der Waals surface area contributed by atoms with E-state index in [0.717, 1.165) is 56.6 Å². The predicted octanol–water partition coefficient (Wildman–Crippen LogP) is 6.42. The number of esters is 1. The van der Waals surface area contributed by atoms with Gasteiger partial charge < -0.3 is 14.2 Å². The number of fused-ring (bicyclic) bond motifs is 3. The Hall–Kier alpha value is -2.33. The normalized spacial score (nSPS) is 30.7. The van der Waals surface area contributed by atoms with Crippen LogP contribution in [0.3, 0.4) is 0 Å². The molecule has 4 fully saturated rings. The van der Waals surface area contributed by atoms with Gasteiger partial charge in [-0.25, -0.2) is 0 Å². The first-order chi connectivity index (χ1) is 15.5. The zero-order valence-electron chi connectivity index (χ0n) is 19.3. The highest BCUT2D eigenvalue weighted by Gasteiger charge is 2.52. The Bertz CT molecular complexity index is 956. The minimum Gasteiger partial charge on any atom is -0.469 e. The van der Waals surface area contributed by atoms with Crippen molar-refractivity contribution in [2.45, 2.75) is 63.9 Å². The number of aryl methyl sites for hydroxylation is 1. The van der Waals surface area contributed by atoms with Gasteiger partial charge >= 0.3 is 5.97 Å². The molecule has 2 bridgehead atoms. The first-order valence-electron chi connectivity index (χ1n) is 12.1. The lowest BCUT2D eigenvalue weighted by Crippen LogP contribution is -2.49. The summed E-state index contributed by atoms with van der Waals surface area (Å²) < 4.78 is 17.7. The van der Waals surface area contributed by atoms with Gasteiger partial charge in [0.15, 0.2) is 0 Å². The Morgan fingerprint density at radius 2 is 1.81 bits per heavy atom. The quantitative estimate of drug-likeness (QED) is 0.450. The van der Waals surface area contributed by atoms with Crippen LogP contribution < -0.4 is 4.74 Å². The highest BCUT2D eigenvalue weighted by molar-refractivity contribution is 5.75. The third kappa shape index (κ3) is 4.17. The molecule has 2 aliphatic heterocycles. The van der Waals surface area contributed by atoms with E-state index in [1.165, 1.54) is 31.1 Å². The number of ether oxygens (including phenoxy) is 3. The fourth-order valence-electron chi connectivity index (χ4n) is 5.76. The van der Waals surface area contributed by atoms with Crippen LogP contribution in [0.2, 0.25) is 0 Å². The minimum absolute atomic E-state index is 0.0291. The van der Waals surface area contributed by atoms with Crippen molar-refractivity contribution in [3.63, 3.8) is 0 Å². The SMILES string of the molecule is CCc1cccc(Oc2cccc(C34CCC(CCC5CC5C(=O)OC)(CC3)CO4)c2)c1. The second-order valence-electron chi connectivity index (χ2n) is 10.1. The van der Waals surface area contributed by atoms with Gasteiger partial charge in [-0.05, 0) is 98.1 Å². The standard InChI is InChI=1S/C28H34O4/c1-3-20-6-4-8-23(16-20)32-24-9-5-7-22(18-24)28-14-12-27(13-15-28,19-31-28)11-10-21-17-25(21)26(29)30-2/h4-9,16,18,21,25H,3,10-15,17,19H2,1-2H3. The Kier molecular flexibility index (Phi) is 5.75. The number of methoxy groups -OCH3 is 1. The summed E-state index contributed by atoms with van der Waals surface area (Å²) in [6.07, 6.45) is 8.81. The zero-order chi connectivity index (χ0) is 22.2. The van der Waals surface area contributed by atoms with Crippen LogP contribution in [-0.4, -0.2) is 19.7 Å². The molecule has 2 aromatic rings. The molecular weight excluding hydrogens is 400 g/mol. The van der Waals surface area contributed by atoms with Crippen LogP contribution >= 0.6 is 0 Å². The Labute approximate surface area is 191 Å². The fourth-order valence-corrected chi connectivity index (χ4v) is 5.76. The van der Waals surface area contributed by atoms with Gasteiger partial charge in [0, 0.05) is 0 Å². The molecule has 4 nitrogen and oxygen atoms in total. The lowest BCUT2D eigenvalue weighted by atomic mass is 9.62. The number of carbonyl (C=O) groups is 1. The van der Waals surface area contributed by atoms with E-state index >= 15 is 0 Å². The predicted molar refractivity (Wildman–Crippen MR) is 124 cm³/mol. The van der Waals surface area contributed by atoms with Crippen LogP contribution in [0.5, 0.6) is 11.5 Å². The maximum absolute atomic E-state index is 11.7. The van der Waals surface area contributed by atoms with Crippen molar-refractivity contribution >= 4 is 5.97 Å². The highest BCUT2D eigenvalue weighted by Crippen LogP contribution is 2.57. The van der Waals surface area contributed by atoms with E-state index in [1.807, 2.05) is 12.1 Å². The Balaban J connectivity index is 1.22. The second-order valence-corrected chi connectivity index (χ2v) is 10.1. The third-order valence-electron chi connectivity index (χ3n) is 8.15. The summed E-state index contributed by atoms with van der Waals surface area (Å²) in [5.74, 6) is 2.39. The molecule has 2 aromatic carbocycles. The van der Waals surface area contributed by atoms with Gasteiger partial charge in [-0.15, -0.1) is 0 Å². The topological polar surface area (TPSA) is 44.8 Å². The summed E-state index contributed by atoms with van der Waals surface area (Å²) >= 11 is 0. The lowest BCUT2D eigenvalue weighted by molar-refractivity contribution is -0.192. The molecule has 4 heteroatoms. The van der Waals surface area contributed by atoms with Gasteiger partial charge in [0.25, 0.3) is 0 Å². The van der Waals surface area contributed by atoms with E-state index in [2.05, 4.69) is 43.3 Å². The molecule has 2 saturated carbocycles. The van der Waals surface area contributed by atoms with E-state index < -0.39 is 0 Å². The molecule has 4 aliphatic rings. The van der Waals surface area contributed by atoms with E-state index in [-0.39, 0.29) is 17.5 Å². The number of rotatable bonds is 8. The van der Waals surface area contributed by atoms with Crippen molar-refractivity contribution in [1.82, 2.24) is 0 Å². The van der Waals surface area contributed by atoms with Crippen molar-refractivity contribution in [2.24, 2.45) is 17.3 Å². The molecule has 2 saturated heterocycles. The molecule has 170 valence electrons. The molecule has 6 rings (SSSR count). The monoisotopic (exact) mass is 434 g/mol. The van der Waals surface area contributed by atoms with Crippen molar-refractivity contribution in [2.75, 3.05) is 13.7 Å². The molecular formula is C28H34O4. The number of hydrogen-bond acceptors (Lipinski definition) is 4. The van der Waals surface area contributed by atoms with Gasteiger partial charge in [-0.1, -0.05) is 31.2 Å². The molecule has 0 aromatic heterocycles. The summed E-state index contributed by atoms with van der Waals surface area (Å²) in [6.45, 7) is 2.98. The first-order valence-corrected chi connectivity index (χ1v) is 12.1. The number of hydrogen-bond donors (Lipinski definition) is 0. The minimum atomic E-state index is -0.180. The summed E-state index contributed by atoms with van der Waals surface area (Å²) in [4.78, 5) is 11.7. The lowest BCUT2D eigenvalue weighted by Gasteiger charge is -2.53. The summed E-state index contributed by atoms with van der Waals surface area (Å²) in [5, 5.41) is 0. The van der Waals surface area contributed by atoms with Crippen LogP contribution in [0.1, 0.15) is 63.0 Å². The van der Waals surface area contributed by atoms with Gasteiger partial charge in [-0.2, -0.15) is 0 Å². The molecule has 2 aliphatic carbocycles. The van der Waals surface area contributed by atoms with Gasteiger partial charge in [0.2, 0.25) is 0 Å². The van der Waals surface area contributed by atoms with Crippen molar-refractivity contribution < 1.29 is 19.0 Å². The second kappa shape index (κ2) is 8.55. The maximum atomic E-state index is 11.7. The summed E-state index contributed by atoms with van der Waals surface area (Å²) in [7, 11) is 1.49. The van der Waals surface area contributed by atoms with Crippen molar-refractivity contribution in [3.8, 4) is 11.5 Å².